The van der Waals surface area contributed by atoms with Crippen LogP contribution in [0.3, 0.4) is 0 Å². The number of halogens is 1. The summed E-state index contributed by atoms with van der Waals surface area (Å²) in [4.78, 5) is 39.7. The monoisotopic (exact) mass is 559 g/mol. The number of rotatable bonds is 7. The lowest BCUT2D eigenvalue weighted by Crippen LogP contribution is -2.41. The van der Waals surface area contributed by atoms with Crippen molar-refractivity contribution in [3.05, 3.63) is 98.4 Å². The normalized spacial score (nSPS) is 19.3. The molecule has 2 aromatic carbocycles. The van der Waals surface area contributed by atoms with Crippen LogP contribution in [-0.4, -0.2) is 53.5 Å². The first-order valence-electron chi connectivity index (χ1n) is 12.3. The SMILES string of the molecule is COC(=O)C1=C(C)NC(C)=C(C(=O)O[C@@H]2CCCN(Cc3ccccc3)C2)[C@@H]1c1cccc([N+](=O)[O-])c1.Cl.O. The second kappa shape index (κ2) is 13.9. The van der Waals surface area contributed by atoms with Crippen molar-refractivity contribution in [2.45, 2.75) is 45.3 Å². The van der Waals surface area contributed by atoms with Gasteiger partial charge in [-0.1, -0.05) is 42.5 Å². The van der Waals surface area contributed by atoms with Crippen LogP contribution in [0.2, 0.25) is 0 Å². The molecule has 1 fully saturated rings. The number of nitro groups is 1. The third-order valence-electron chi connectivity index (χ3n) is 6.78. The van der Waals surface area contributed by atoms with Gasteiger partial charge in [0.2, 0.25) is 0 Å². The molecule has 2 aliphatic heterocycles. The maximum absolute atomic E-state index is 13.7. The molecule has 0 bridgehead atoms. The van der Waals surface area contributed by atoms with Crippen LogP contribution in [0.4, 0.5) is 5.69 Å². The molecule has 2 atom stereocenters. The van der Waals surface area contributed by atoms with E-state index in [0.717, 1.165) is 25.9 Å². The molecule has 2 aromatic rings. The van der Waals surface area contributed by atoms with Gasteiger partial charge in [0.15, 0.2) is 0 Å². The molecular weight excluding hydrogens is 526 g/mol. The Hall–Kier alpha value is -3.73. The number of non-ortho nitro benzene ring substituents is 1. The van der Waals surface area contributed by atoms with E-state index in [0.29, 0.717) is 23.5 Å². The van der Waals surface area contributed by atoms with Crippen molar-refractivity contribution in [2.75, 3.05) is 20.2 Å². The Balaban J connectivity index is 0.00000267. The van der Waals surface area contributed by atoms with Crippen molar-refractivity contribution in [2.24, 2.45) is 0 Å². The number of hydrogen-bond acceptors (Lipinski definition) is 8. The molecule has 2 heterocycles. The van der Waals surface area contributed by atoms with E-state index < -0.39 is 22.8 Å². The fraction of sp³-hybridized carbons (Fsp3) is 0.357. The number of nitro benzene ring substituents is 1. The maximum Gasteiger partial charge on any atom is 0.337 e. The maximum atomic E-state index is 13.7. The molecule has 1 saturated heterocycles. The van der Waals surface area contributed by atoms with Crippen LogP contribution in [0.5, 0.6) is 0 Å². The molecule has 3 N–H and O–H groups in total. The first-order valence-corrected chi connectivity index (χ1v) is 12.3. The molecule has 0 unspecified atom stereocenters. The molecule has 39 heavy (non-hydrogen) atoms. The third-order valence-corrected chi connectivity index (χ3v) is 6.78. The Bertz CT molecular complexity index is 1260. The number of hydrogen-bond donors (Lipinski definition) is 1. The van der Waals surface area contributed by atoms with E-state index >= 15 is 0 Å². The number of carbonyl (C=O) groups excluding carboxylic acids is 2. The summed E-state index contributed by atoms with van der Waals surface area (Å²) >= 11 is 0. The molecule has 0 amide bonds. The molecule has 0 spiro atoms. The number of piperidine rings is 1. The number of methoxy groups -OCH3 is 1. The third kappa shape index (κ3) is 7.23. The molecule has 0 saturated carbocycles. The lowest BCUT2D eigenvalue weighted by atomic mass is 9.80. The quantitative estimate of drug-likeness (QED) is 0.306. The summed E-state index contributed by atoms with van der Waals surface area (Å²) in [6.07, 6.45) is 1.31. The Morgan fingerprint density at radius 2 is 1.72 bits per heavy atom. The van der Waals surface area contributed by atoms with Gasteiger partial charge in [-0.15, -0.1) is 12.4 Å². The second-order valence-corrected chi connectivity index (χ2v) is 9.37. The van der Waals surface area contributed by atoms with Crippen molar-refractivity contribution in [1.29, 1.82) is 0 Å². The summed E-state index contributed by atoms with van der Waals surface area (Å²) in [5.41, 5.74) is 3.01. The number of dihydropyridines is 1. The number of carbonyl (C=O) groups is 2. The molecule has 11 heteroatoms. The van der Waals surface area contributed by atoms with Gasteiger partial charge >= 0.3 is 11.9 Å². The summed E-state index contributed by atoms with van der Waals surface area (Å²) in [6.45, 7) is 5.73. The molecule has 10 nitrogen and oxygen atoms in total. The van der Waals surface area contributed by atoms with Gasteiger partial charge in [0.1, 0.15) is 6.10 Å². The van der Waals surface area contributed by atoms with E-state index in [9.17, 15) is 19.7 Å². The van der Waals surface area contributed by atoms with Crippen LogP contribution in [0, 0.1) is 10.1 Å². The lowest BCUT2D eigenvalue weighted by molar-refractivity contribution is -0.384. The molecule has 0 aromatic heterocycles. The predicted octanol–water partition coefficient (Wildman–Crippen LogP) is 3.81. The highest BCUT2D eigenvalue weighted by atomic mass is 35.5. The van der Waals surface area contributed by atoms with Crippen molar-refractivity contribution in [3.8, 4) is 0 Å². The highest BCUT2D eigenvalue weighted by Gasteiger charge is 2.39. The van der Waals surface area contributed by atoms with Gasteiger partial charge in [-0.25, -0.2) is 9.59 Å². The van der Waals surface area contributed by atoms with Crippen molar-refractivity contribution < 1.29 is 29.5 Å². The fourth-order valence-corrected chi connectivity index (χ4v) is 5.11. The molecule has 2 aliphatic rings. The van der Waals surface area contributed by atoms with E-state index in [1.54, 1.807) is 26.0 Å². The van der Waals surface area contributed by atoms with Gasteiger partial charge in [0.25, 0.3) is 5.69 Å². The average molecular weight is 560 g/mol. The predicted molar refractivity (Wildman–Crippen MR) is 148 cm³/mol. The van der Waals surface area contributed by atoms with E-state index in [1.807, 2.05) is 18.2 Å². The van der Waals surface area contributed by atoms with Crippen molar-refractivity contribution in [3.63, 3.8) is 0 Å². The molecule has 210 valence electrons. The van der Waals surface area contributed by atoms with E-state index in [2.05, 4.69) is 22.3 Å². The number of ether oxygens (including phenoxy) is 2. The van der Waals surface area contributed by atoms with Gasteiger partial charge in [-0.2, -0.15) is 0 Å². The largest absolute Gasteiger partial charge is 0.466 e. The average Bonchev–Trinajstić information content (AvgIpc) is 2.88. The second-order valence-electron chi connectivity index (χ2n) is 9.37. The highest BCUT2D eigenvalue weighted by Crippen LogP contribution is 2.40. The minimum atomic E-state index is -0.870. The first-order chi connectivity index (χ1) is 17.8. The number of esters is 2. The molecule has 4 rings (SSSR count). The first kappa shape index (κ1) is 31.5. The number of allylic oxidation sites excluding steroid dienone is 2. The van der Waals surface area contributed by atoms with E-state index in [4.69, 9.17) is 9.47 Å². The van der Waals surface area contributed by atoms with Crippen molar-refractivity contribution in [1.82, 2.24) is 10.2 Å². The Morgan fingerprint density at radius 3 is 2.36 bits per heavy atom. The van der Waals surface area contributed by atoms with Crippen LogP contribution < -0.4 is 5.32 Å². The van der Waals surface area contributed by atoms with Gasteiger partial charge < -0.3 is 20.3 Å². The number of benzene rings is 2. The summed E-state index contributed by atoms with van der Waals surface area (Å²) in [6, 6.07) is 16.1. The highest BCUT2D eigenvalue weighted by molar-refractivity contribution is 6.00. The topological polar surface area (TPSA) is 143 Å². The summed E-state index contributed by atoms with van der Waals surface area (Å²) in [5.74, 6) is -2.04. The number of likely N-dealkylation sites (tertiary alicyclic amines) is 1. The zero-order valence-electron chi connectivity index (χ0n) is 22.1. The van der Waals surface area contributed by atoms with E-state index in [1.165, 1.54) is 24.8 Å². The minimum Gasteiger partial charge on any atom is -0.466 e. The van der Waals surface area contributed by atoms with Gasteiger partial charge in [-0.3, -0.25) is 15.0 Å². The molecular formula is C28H34ClN3O7. The fourth-order valence-electron chi connectivity index (χ4n) is 5.11. The van der Waals surface area contributed by atoms with Crippen LogP contribution in [-0.2, 0) is 25.6 Å². The van der Waals surface area contributed by atoms with Gasteiger partial charge in [0.05, 0.1) is 29.1 Å². The molecule has 0 aliphatic carbocycles. The Kier molecular flexibility index (Phi) is 11.2. The zero-order chi connectivity index (χ0) is 26.5. The number of nitrogens with zero attached hydrogens (tertiary/aromatic N) is 2. The Labute approximate surface area is 233 Å². The van der Waals surface area contributed by atoms with Crippen LogP contribution in [0.15, 0.2) is 77.1 Å². The van der Waals surface area contributed by atoms with Gasteiger partial charge in [0, 0.05) is 36.6 Å². The van der Waals surface area contributed by atoms with Crippen LogP contribution in [0.25, 0.3) is 0 Å². The summed E-state index contributed by atoms with van der Waals surface area (Å²) in [5, 5.41) is 14.6. The van der Waals surface area contributed by atoms with Crippen LogP contribution >= 0.6 is 12.4 Å². The van der Waals surface area contributed by atoms with Gasteiger partial charge in [-0.05, 0) is 44.4 Å². The minimum absolute atomic E-state index is 0. The van der Waals surface area contributed by atoms with Crippen molar-refractivity contribution >= 4 is 30.0 Å². The van der Waals surface area contributed by atoms with E-state index in [-0.39, 0.29) is 40.8 Å². The zero-order valence-corrected chi connectivity index (χ0v) is 23.0. The molecule has 0 radical (unpaired) electrons. The smallest absolute Gasteiger partial charge is 0.337 e. The summed E-state index contributed by atoms with van der Waals surface area (Å²) < 4.78 is 11.0. The van der Waals surface area contributed by atoms with Crippen LogP contribution in [0.1, 0.15) is 43.7 Å². The lowest BCUT2D eigenvalue weighted by Gasteiger charge is -2.34. The standard InChI is InChI=1S/C28H31N3O6.ClH.H2O/c1-18-24(27(32)36-3)26(21-11-7-12-22(15-21)31(34)35)25(19(2)29-18)28(33)37-23-13-8-14-30(17-23)16-20-9-5-4-6-10-20;;/h4-7,9-12,15,23,26,29H,8,13-14,16-17H2,1-3H3;1H;1H2/t23-,26-;;/m1../s1. The number of nitrogens with one attached hydrogen (secondary N) is 1. The Morgan fingerprint density at radius 1 is 1.05 bits per heavy atom. The summed E-state index contributed by atoms with van der Waals surface area (Å²) in [7, 11) is 1.26.